The highest BCUT2D eigenvalue weighted by atomic mass is 79.9. The van der Waals surface area contributed by atoms with Crippen molar-refractivity contribution in [3.05, 3.63) is 28.7 Å². The van der Waals surface area contributed by atoms with Gasteiger partial charge in [0, 0.05) is 18.3 Å². The number of esters is 2. The van der Waals surface area contributed by atoms with Crippen molar-refractivity contribution in [3.8, 4) is 0 Å². The van der Waals surface area contributed by atoms with E-state index in [0.29, 0.717) is 5.69 Å². The molecule has 13 nitrogen and oxygen atoms in total. The molecule has 0 fully saturated rings. The Morgan fingerprint density at radius 3 is 2.03 bits per heavy atom. The highest BCUT2D eigenvalue weighted by Gasteiger charge is 2.49. The maximum atomic E-state index is 13.3. The first-order valence-corrected chi connectivity index (χ1v) is 12.1. The van der Waals surface area contributed by atoms with Crippen molar-refractivity contribution >= 4 is 57.7 Å². The molecule has 1 aliphatic heterocycles. The van der Waals surface area contributed by atoms with Crippen molar-refractivity contribution in [1.82, 2.24) is 10.1 Å². The van der Waals surface area contributed by atoms with Gasteiger partial charge in [0.25, 0.3) is 0 Å². The summed E-state index contributed by atoms with van der Waals surface area (Å²) in [5.41, 5.74) is 0.371. The number of nitrogens with zero attached hydrogens (tertiary/aromatic N) is 4. The minimum absolute atomic E-state index is 0.0345. The van der Waals surface area contributed by atoms with Crippen LogP contribution >= 0.6 is 15.9 Å². The first-order valence-electron chi connectivity index (χ1n) is 11.3. The van der Waals surface area contributed by atoms with Crippen LogP contribution in [0.5, 0.6) is 0 Å². The van der Waals surface area contributed by atoms with Gasteiger partial charge in [-0.2, -0.15) is 10.1 Å². The fraction of sp³-hybridized carbons (Fsp3) is 0.478. The van der Waals surface area contributed by atoms with Crippen LogP contribution in [0.15, 0.2) is 33.8 Å². The largest absolute Gasteiger partial charge is 0.462 e. The van der Waals surface area contributed by atoms with Gasteiger partial charge in [0.1, 0.15) is 24.5 Å². The number of hydrazine groups is 2. The minimum atomic E-state index is -1.31. The molecule has 1 aliphatic rings. The van der Waals surface area contributed by atoms with E-state index in [1.807, 2.05) is 0 Å². The fourth-order valence-corrected chi connectivity index (χ4v) is 3.80. The zero-order valence-electron chi connectivity index (χ0n) is 21.1. The van der Waals surface area contributed by atoms with Gasteiger partial charge in [-0.25, -0.2) is 9.59 Å². The average molecular weight is 585 g/mol. The molecule has 1 heterocycles. The molecule has 2 rings (SSSR count). The standard InChI is InChI=1S/C23H29BrN4O9/c1-6-34-22(32)26-19(21(14(3)29)20(37-16(5)31)13-36-15(4)30)12-25-27(28(26)23(33)35-7-2)18-10-8-17(24)9-11-18/h8-12,19-21H,6-7,13H2,1-5H3/t19-,20-,21+/m1/s1. The van der Waals surface area contributed by atoms with Crippen LogP contribution in [-0.2, 0) is 33.3 Å². The lowest BCUT2D eigenvalue weighted by molar-refractivity contribution is -0.164. The van der Waals surface area contributed by atoms with E-state index < -0.39 is 54.6 Å². The van der Waals surface area contributed by atoms with Crippen molar-refractivity contribution in [2.75, 3.05) is 24.9 Å². The lowest BCUT2D eigenvalue weighted by Crippen LogP contribution is -2.67. The van der Waals surface area contributed by atoms with Crippen LogP contribution in [0.2, 0.25) is 0 Å². The highest BCUT2D eigenvalue weighted by Crippen LogP contribution is 2.30. The smallest absolute Gasteiger partial charge is 0.450 e. The predicted octanol–water partition coefficient (Wildman–Crippen LogP) is 3.07. The van der Waals surface area contributed by atoms with Crippen molar-refractivity contribution in [2.24, 2.45) is 11.0 Å². The molecule has 14 heteroatoms. The van der Waals surface area contributed by atoms with E-state index in [1.54, 1.807) is 38.1 Å². The van der Waals surface area contributed by atoms with Crippen LogP contribution in [0.4, 0.5) is 15.3 Å². The van der Waals surface area contributed by atoms with Crippen LogP contribution in [0.1, 0.15) is 34.6 Å². The summed E-state index contributed by atoms with van der Waals surface area (Å²) in [5.74, 6) is -3.27. The molecule has 0 spiro atoms. The van der Waals surface area contributed by atoms with Crippen LogP contribution < -0.4 is 5.12 Å². The van der Waals surface area contributed by atoms with E-state index in [4.69, 9.17) is 18.9 Å². The van der Waals surface area contributed by atoms with Gasteiger partial charge in [-0.3, -0.25) is 14.4 Å². The fourth-order valence-electron chi connectivity index (χ4n) is 3.54. The third kappa shape index (κ3) is 7.65. The Kier molecular flexibility index (Phi) is 10.8. The predicted molar refractivity (Wildman–Crippen MR) is 133 cm³/mol. The van der Waals surface area contributed by atoms with Crippen molar-refractivity contribution in [3.63, 3.8) is 0 Å². The minimum Gasteiger partial charge on any atom is -0.462 e. The van der Waals surface area contributed by atoms with Gasteiger partial charge in [0.15, 0.2) is 0 Å². The molecule has 0 aliphatic carbocycles. The Hall–Kier alpha value is -3.68. The number of hydrogen-bond acceptors (Lipinski definition) is 11. The van der Waals surface area contributed by atoms with E-state index in [0.717, 1.165) is 33.6 Å². The summed E-state index contributed by atoms with van der Waals surface area (Å²) in [4.78, 5) is 62.6. The van der Waals surface area contributed by atoms with Crippen molar-refractivity contribution in [1.29, 1.82) is 0 Å². The molecule has 0 bridgehead atoms. The highest BCUT2D eigenvalue weighted by molar-refractivity contribution is 9.10. The van der Waals surface area contributed by atoms with Gasteiger partial charge >= 0.3 is 24.1 Å². The number of Topliss-reactive ketones (excluding diaryl/α,β-unsaturated/α-hetero) is 1. The van der Waals surface area contributed by atoms with E-state index in [9.17, 15) is 24.0 Å². The summed E-state index contributed by atoms with van der Waals surface area (Å²) in [6, 6.07) is 5.35. The van der Waals surface area contributed by atoms with E-state index in [2.05, 4.69) is 21.0 Å². The van der Waals surface area contributed by atoms with Crippen molar-refractivity contribution < 1.29 is 42.9 Å². The Bertz CT molecular complexity index is 1030. The molecule has 0 aromatic heterocycles. The number of benzene rings is 1. The lowest BCUT2D eigenvalue weighted by atomic mass is 9.90. The van der Waals surface area contributed by atoms with Crippen LogP contribution in [-0.4, -0.2) is 78.2 Å². The monoisotopic (exact) mass is 584 g/mol. The molecular formula is C23H29BrN4O9. The number of carbonyl (C=O) groups excluding carboxylic acids is 5. The first-order chi connectivity index (χ1) is 17.5. The molecule has 0 unspecified atom stereocenters. The Labute approximate surface area is 222 Å². The number of halogens is 1. The molecule has 1 aromatic rings. The van der Waals surface area contributed by atoms with Crippen LogP contribution in [0.3, 0.4) is 0 Å². The molecule has 0 saturated heterocycles. The first kappa shape index (κ1) is 29.5. The van der Waals surface area contributed by atoms with Gasteiger partial charge in [-0.15, -0.1) is 5.12 Å². The number of amides is 2. The summed E-state index contributed by atoms with van der Waals surface area (Å²) >= 11 is 3.34. The number of hydrogen-bond donors (Lipinski definition) is 0. The normalized spacial score (nSPS) is 16.5. The van der Waals surface area contributed by atoms with Crippen LogP contribution in [0, 0.1) is 5.92 Å². The van der Waals surface area contributed by atoms with Gasteiger partial charge in [0.05, 0.1) is 31.0 Å². The van der Waals surface area contributed by atoms with Gasteiger partial charge in [-0.1, -0.05) is 21.0 Å². The number of hydrazone groups is 1. The summed E-state index contributed by atoms with van der Waals surface area (Å²) < 4.78 is 21.5. The zero-order chi connectivity index (χ0) is 27.7. The number of ketones is 1. The van der Waals surface area contributed by atoms with Crippen molar-refractivity contribution in [2.45, 2.75) is 46.8 Å². The molecule has 3 atom stereocenters. The second kappa shape index (κ2) is 13.6. The average Bonchev–Trinajstić information content (AvgIpc) is 2.82. The molecule has 202 valence electrons. The molecule has 2 amide bonds. The summed E-state index contributed by atoms with van der Waals surface area (Å²) in [7, 11) is 0. The summed E-state index contributed by atoms with van der Waals surface area (Å²) in [6.07, 6.45) is -2.07. The Morgan fingerprint density at radius 1 is 0.919 bits per heavy atom. The third-order valence-corrected chi connectivity index (χ3v) is 5.47. The van der Waals surface area contributed by atoms with Gasteiger partial charge in [0.2, 0.25) is 0 Å². The number of carbonyl (C=O) groups is 5. The maximum absolute atomic E-state index is 13.3. The number of anilines is 1. The maximum Gasteiger partial charge on any atom is 0.450 e. The lowest BCUT2D eigenvalue weighted by Gasteiger charge is -2.46. The zero-order valence-corrected chi connectivity index (χ0v) is 22.7. The molecule has 0 N–H and O–H groups in total. The Morgan fingerprint density at radius 2 is 1.51 bits per heavy atom. The molecule has 0 radical (unpaired) electrons. The van der Waals surface area contributed by atoms with Crippen LogP contribution in [0.25, 0.3) is 0 Å². The van der Waals surface area contributed by atoms with E-state index >= 15 is 0 Å². The van der Waals surface area contributed by atoms with Gasteiger partial charge in [-0.05, 0) is 45.0 Å². The molecular weight excluding hydrogens is 556 g/mol. The van der Waals surface area contributed by atoms with E-state index in [-0.39, 0.29) is 13.2 Å². The SMILES string of the molecule is CCOC(=O)N1[C@@H]([C@H](C(C)=O)[C@@H](COC(C)=O)OC(C)=O)C=NN(c2ccc(Br)cc2)N1C(=O)OCC. The molecule has 1 aromatic carbocycles. The molecule has 37 heavy (non-hydrogen) atoms. The second-order valence-electron chi connectivity index (χ2n) is 7.64. The number of ether oxygens (including phenoxy) is 4. The second-order valence-corrected chi connectivity index (χ2v) is 8.56. The topological polar surface area (TPSA) is 144 Å². The quantitative estimate of drug-likeness (QED) is 0.313. The summed E-state index contributed by atoms with van der Waals surface area (Å²) in [5, 5.41) is 7.06. The summed E-state index contributed by atoms with van der Waals surface area (Å²) in [6.45, 7) is 6.06. The third-order valence-electron chi connectivity index (χ3n) is 4.94. The molecule has 0 saturated carbocycles. The Balaban J connectivity index is 2.70. The number of rotatable bonds is 9. The van der Waals surface area contributed by atoms with E-state index in [1.165, 1.54) is 13.1 Å². The van der Waals surface area contributed by atoms with Gasteiger partial charge < -0.3 is 18.9 Å².